The van der Waals surface area contributed by atoms with E-state index < -0.39 is 24.2 Å². The van der Waals surface area contributed by atoms with Crippen LogP contribution in [0.2, 0.25) is 0 Å². The number of hydrogen-bond donors (Lipinski definition) is 1. The van der Waals surface area contributed by atoms with Crippen LogP contribution in [-0.4, -0.2) is 41.9 Å². The van der Waals surface area contributed by atoms with Crippen LogP contribution in [0.3, 0.4) is 0 Å². The van der Waals surface area contributed by atoms with Crippen LogP contribution in [0.5, 0.6) is 11.6 Å². The van der Waals surface area contributed by atoms with Gasteiger partial charge in [-0.3, -0.25) is 18.9 Å². The van der Waals surface area contributed by atoms with E-state index in [1.807, 2.05) is 0 Å². The van der Waals surface area contributed by atoms with Crippen molar-refractivity contribution in [2.45, 2.75) is 19.8 Å². The predicted octanol–water partition coefficient (Wildman–Crippen LogP) is 3.64. The van der Waals surface area contributed by atoms with Gasteiger partial charge in [-0.25, -0.2) is 18.6 Å². The molecule has 0 bridgehead atoms. The number of ether oxygens (including phenoxy) is 2. The fourth-order valence-electron chi connectivity index (χ4n) is 2.20. The number of nitrogens with zero attached hydrogens (tertiary/aromatic N) is 2. The summed E-state index contributed by atoms with van der Waals surface area (Å²) in [6.07, 6.45) is 0.601. The number of methoxy groups -OCH3 is 1. The Hall–Kier alpha value is -2.86. The summed E-state index contributed by atoms with van der Waals surface area (Å²) >= 11 is 0.672. The molecule has 9 nitrogen and oxygen atoms in total. The van der Waals surface area contributed by atoms with Crippen molar-refractivity contribution in [3.05, 3.63) is 34.7 Å². The van der Waals surface area contributed by atoms with Gasteiger partial charge < -0.3 is 13.7 Å². The largest absolute Gasteiger partial charge is 0.472 e. The summed E-state index contributed by atoms with van der Waals surface area (Å²) in [7, 11) is 2.60. The summed E-state index contributed by atoms with van der Waals surface area (Å²) < 4.78 is 47.3. The maximum absolute atomic E-state index is 13.0. The molecule has 2 aromatic rings. The van der Waals surface area contributed by atoms with Crippen LogP contribution in [0.25, 0.3) is 11.3 Å². The topological polar surface area (TPSA) is 101 Å². The number of hydrogen-bond acceptors (Lipinski definition) is 8. The van der Waals surface area contributed by atoms with Gasteiger partial charge in [0.15, 0.2) is 18.2 Å². The molecule has 0 saturated heterocycles. The zero-order chi connectivity index (χ0) is 22.3. The molecule has 0 radical (unpaired) electrons. The van der Waals surface area contributed by atoms with Crippen LogP contribution >= 0.6 is 12.3 Å². The molecule has 0 aliphatic heterocycles. The lowest BCUT2D eigenvalue weighted by Gasteiger charge is -2.16. The lowest BCUT2D eigenvalue weighted by Crippen LogP contribution is -2.26. The number of aromatic nitrogens is 2. The van der Waals surface area contributed by atoms with Crippen molar-refractivity contribution in [3.8, 4) is 22.9 Å². The molecule has 2 aromatic heterocycles. The van der Waals surface area contributed by atoms with Gasteiger partial charge in [0.2, 0.25) is 12.3 Å². The molecule has 164 valence electrons. The molecule has 12 heteroatoms. The number of carbonyl (C=O) groups excluding carboxylic acids is 1. The number of anilines is 1. The summed E-state index contributed by atoms with van der Waals surface area (Å²) in [5.41, 5.74) is 0.00873. The number of pyridine rings is 2. The summed E-state index contributed by atoms with van der Waals surface area (Å²) in [6.45, 7) is 1.97. The Labute approximate surface area is 175 Å². The fourth-order valence-corrected chi connectivity index (χ4v) is 2.55. The maximum Gasteiger partial charge on any atom is 0.411 e. The van der Waals surface area contributed by atoms with E-state index in [9.17, 15) is 18.4 Å². The first kappa shape index (κ1) is 23.4. The van der Waals surface area contributed by atoms with E-state index >= 15 is 0 Å². The maximum atomic E-state index is 13.0. The summed E-state index contributed by atoms with van der Waals surface area (Å²) in [6, 6.07) is 4.20. The molecule has 2 rings (SSSR count). The number of alkyl halides is 2. The Bertz CT molecular complexity index is 948. The second-order valence-corrected chi connectivity index (χ2v) is 6.59. The van der Waals surface area contributed by atoms with Crippen LogP contribution in [0.15, 0.2) is 29.2 Å². The smallest absolute Gasteiger partial charge is 0.411 e. The Morgan fingerprint density at radius 2 is 2.10 bits per heavy atom. The lowest BCUT2D eigenvalue weighted by atomic mass is 10.1. The van der Waals surface area contributed by atoms with Crippen LogP contribution in [0.1, 0.15) is 13.8 Å². The highest BCUT2D eigenvalue weighted by Crippen LogP contribution is 2.32. The third-order valence-electron chi connectivity index (χ3n) is 3.56. The highest BCUT2D eigenvalue weighted by Gasteiger charge is 2.23. The summed E-state index contributed by atoms with van der Waals surface area (Å²) in [4.78, 5) is 28.4. The molecule has 1 amide bonds. The van der Waals surface area contributed by atoms with E-state index in [-0.39, 0.29) is 28.6 Å². The number of amides is 1. The first-order valence-electron chi connectivity index (χ1n) is 8.68. The number of carbonyl (C=O) groups is 1. The van der Waals surface area contributed by atoms with E-state index in [4.69, 9.17) is 13.1 Å². The summed E-state index contributed by atoms with van der Waals surface area (Å²) in [5.74, 6) is -2.94. The van der Waals surface area contributed by atoms with Crippen LogP contribution < -0.4 is 19.8 Å². The predicted molar refractivity (Wildman–Crippen MR) is 107 cm³/mol. The van der Waals surface area contributed by atoms with Gasteiger partial charge in [-0.15, -0.1) is 0 Å². The van der Waals surface area contributed by atoms with E-state index in [2.05, 4.69) is 15.0 Å². The molecule has 0 aliphatic rings. The first-order valence-corrected chi connectivity index (χ1v) is 9.35. The third-order valence-corrected chi connectivity index (χ3v) is 4.14. The molecule has 2 heterocycles. The molecule has 0 aliphatic carbocycles. The summed E-state index contributed by atoms with van der Waals surface area (Å²) in [5, 5.41) is 2.44. The molecule has 1 N–H and O–H groups in total. The molecule has 0 atom stereocenters. The Morgan fingerprint density at radius 1 is 1.37 bits per heavy atom. The minimum atomic E-state index is -3.05. The quantitative estimate of drug-likeness (QED) is 0.461. The molecule has 0 aromatic carbocycles. The second kappa shape index (κ2) is 10.3. The molecular formula is C18H21F2N3O6S. The Balaban J connectivity index is 2.41. The first-order chi connectivity index (χ1) is 14.2. The minimum Gasteiger partial charge on any atom is -0.472 e. The van der Waals surface area contributed by atoms with Crippen molar-refractivity contribution < 1.29 is 31.4 Å². The van der Waals surface area contributed by atoms with Gasteiger partial charge in [-0.05, 0) is 19.1 Å². The van der Waals surface area contributed by atoms with Crippen molar-refractivity contribution in [2.75, 3.05) is 25.6 Å². The Morgan fingerprint density at radius 3 is 2.73 bits per heavy atom. The van der Waals surface area contributed by atoms with Gasteiger partial charge in [0, 0.05) is 20.0 Å². The lowest BCUT2D eigenvalue weighted by molar-refractivity contribution is -0.0252. The van der Waals surface area contributed by atoms with E-state index in [1.165, 1.54) is 38.6 Å². The van der Waals surface area contributed by atoms with Crippen molar-refractivity contribution >= 4 is 24.1 Å². The normalized spacial score (nSPS) is 11.1. The molecular weight excluding hydrogens is 424 g/mol. The van der Waals surface area contributed by atoms with Crippen molar-refractivity contribution in [3.63, 3.8) is 0 Å². The molecule has 30 heavy (non-hydrogen) atoms. The zero-order valence-corrected chi connectivity index (χ0v) is 17.5. The van der Waals surface area contributed by atoms with Gasteiger partial charge in [0.05, 0.1) is 31.2 Å². The van der Waals surface area contributed by atoms with E-state index in [0.717, 1.165) is 4.57 Å². The van der Waals surface area contributed by atoms with Gasteiger partial charge in [0.25, 0.3) is 11.5 Å². The molecule has 0 fully saturated rings. The second-order valence-electron chi connectivity index (χ2n) is 6.05. The molecule has 0 saturated carbocycles. The monoisotopic (exact) mass is 445 g/mol. The number of nitrogens with one attached hydrogen (secondary N) is 1. The van der Waals surface area contributed by atoms with Gasteiger partial charge in [-0.1, -0.05) is 0 Å². The SMILES string of the molecule is CCOSOc1cc(NC(=O)OC)cnc1-c1ccc(OCC(C)(F)F)n(C)c1=O. The van der Waals surface area contributed by atoms with Gasteiger partial charge >= 0.3 is 6.09 Å². The van der Waals surface area contributed by atoms with Crippen LogP contribution in [0, 0.1) is 0 Å². The average Bonchev–Trinajstić information content (AvgIpc) is 2.69. The zero-order valence-electron chi connectivity index (χ0n) is 16.7. The van der Waals surface area contributed by atoms with Crippen molar-refractivity contribution in [1.82, 2.24) is 9.55 Å². The number of halogens is 2. The molecule has 0 unspecified atom stereocenters. The van der Waals surface area contributed by atoms with Gasteiger partial charge in [-0.2, -0.15) is 0 Å². The van der Waals surface area contributed by atoms with E-state index in [1.54, 1.807) is 6.92 Å². The van der Waals surface area contributed by atoms with E-state index in [0.29, 0.717) is 25.9 Å². The standard InChI is InChI=1S/C18H21F2N3O6S/c1-5-28-30-29-13-8-11(22-17(25)26-4)9-21-15(13)12-6-7-14(23(3)16(12)24)27-10-18(2,19)20/h6-9H,5,10H2,1-4H3,(H,22,25). The van der Waals surface area contributed by atoms with Crippen LogP contribution in [0.4, 0.5) is 19.3 Å². The van der Waals surface area contributed by atoms with Crippen LogP contribution in [-0.2, 0) is 16.0 Å². The van der Waals surface area contributed by atoms with Crippen molar-refractivity contribution in [2.24, 2.45) is 7.05 Å². The minimum absolute atomic E-state index is 0.0274. The average molecular weight is 445 g/mol. The number of rotatable bonds is 9. The Kier molecular flexibility index (Phi) is 8.00. The molecule has 0 spiro atoms. The van der Waals surface area contributed by atoms with Crippen molar-refractivity contribution in [1.29, 1.82) is 0 Å². The fraction of sp³-hybridized carbons (Fsp3) is 0.389. The van der Waals surface area contributed by atoms with Gasteiger partial charge in [0.1, 0.15) is 5.69 Å². The highest BCUT2D eigenvalue weighted by atomic mass is 32.2. The third kappa shape index (κ3) is 6.32. The highest BCUT2D eigenvalue weighted by molar-refractivity contribution is 7.90.